The van der Waals surface area contributed by atoms with Gasteiger partial charge in [0, 0.05) is 11.8 Å². The summed E-state index contributed by atoms with van der Waals surface area (Å²) in [6.45, 7) is 3.86. The lowest BCUT2D eigenvalue weighted by Crippen LogP contribution is -2.03. The highest BCUT2D eigenvalue weighted by atomic mass is 32.1. The van der Waals surface area contributed by atoms with Crippen LogP contribution in [0.2, 0.25) is 0 Å². The number of hydrogen-bond acceptors (Lipinski definition) is 6. The third kappa shape index (κ3) is 2.77. The molecule has 0 spiro atoms. The first kappa shape index (κ1) is 13.2. The minimum atomic E-state index is -0.363. The Labute approximate surface area is 114 Å². The number of esters is 1. The number of nitrogens with zero attached hydrogens (tertiary/aromatic N) is 3. The monoisotopic (exact) mass is 273 g/mol. The summed E-state index contributed by atoms with van der Waals surface area (Å²) in [5.41, 5.74) is 1.73. The Bertz CT molecular complexity index is 658. The van der Waals surface area contributed by atoms with E-state index in [0.717, 1.165) is 5.56 Å². The second kappa shape index (κ2) is 5.59. The van der Waals surface area contributed by atoms with Crippen molar-refractivity contribution in [3.8, 4) is 16.6 Å². The Morgan fingerprint density at radius 2 is 2.37 bits per heavy atom. The van der Waals surface area contributed by atoms with Gasteiger partial charge in [0.25, 0.3) is 0 Å². The Hall–Kier alpha value is -2.26. The molecule has 0 saturated carbocycles. The second-order valence-corrected chi connectivity index (χ2v) is 4.69. The molecule has 0 radical (unpaired) electrons. The summed E-state index contributed by atoms with van der Waals surface area (Å²) < 4.78 is 4.97. The fraction of sp³-hybridized carbons (Fsp3) is 0.231. The SMILES string of the molecule is CCOC(=O)c1sc(-c2ccnc(C#N)c2)nc1C. The number of pyridine rings is 1. The molecule has 0 unspecified atom stereocenters. The Kier molecular flexibility index (Phi) is 3.88. The van der Waals surface area contributed by atoms with Crippen molar-refractivity contribution in [2.75, 3.05) is 6.61 Å². The molecule has 0 saturated heterocycles. The maximum absolute atomic E-state index is 11.7. The van der Waals surface area contributed by atoms with Crippen LogP contribution in [0.1, 0.15) is 28.0 Å². The lowest BCUT2D eigenvalue weighted by molar-refractivity contribution is 0.0531. The normalized spacial score (nSPS) is 9.95. The quantitative estimate of drug-likeness (QED) is 0.803. The lowest BCUT2D eigenvalue weighted by Gasteiger charge is -1.97. The number of ether oxygens (including phenoxy) is 1. The van der Waals surface area contributed by atoms with Crippen LogP contribution in [0.3, 0.4) is 0 Å². The van der Waals surface area contributed by atoms with Gasteiger partial charge < -0.3 is 4.74 Å². The third-order valence-corrected chi connectivity index (χ3v) is 3.57. The molecule has 0 aliphatic rings. The van der Waals surface area contributed by atoms with E-state index in [-0.39, 0.29) is 5.97 Å². The van der Waals surface area contributed by atoms with Crippen LogP contribution >= 0.6 is 11.3 Å². The van der Waals surface area contributed by atoms with Crippen LogP contribution in [0.15, 0.2) is 18.3 Å². The molecule has 0 bridgehead atoms. The highest BCUT2D eigenvalue weighted by molar-refractivity contribution is 7.17. The molecule has 0 atom stereocenters. The molecule has 0 aromatic carbocycles. The van der Waals surface area contributed by atoms with Crippen LogP contribution in [0, 0.1) is 18.3 Å². The predicted octanol–water partition coefficient (Wildman–Crippen LogP) is 2.56. The zero-order chi connectivity index (χ0) is 13.8. The highest BCUT2D eigenvalue weighted by Crippen LogP contribution is 2.28. The van der Waals surface area contributed by atoms with E-state index < -0.39 is 0 Å². The maximum atomic E-state index is 11.7. The highest BCUT2D eigenvalue weighted by Gasteiger charge is 2.17. The van der Waals surface area contributed by atoms with E-state index in [1.165, 1.54) is 11.3 Å². The molecule has 2 rings (SSSR count). The maximum Gasteiger partial charge on any atom is 0.350 e. The number of thiazole rings is 1. The smallest absolute Gasteiger partial charge is 0.350 e. The van der Waals surface area contributed by atoms with Gasteiger partial charge in [0.05, 0.1) is 12.3 Å². The number of rotatable bonds is 3. The number of carbonyl (C=O) groups excluding carboxylic acids is 1. The first-order valence-corrected chi connectivity index (χ1v) is 6.48. The molecular formula is C13H11N3O2S. The van der Waals surface area contributed by atoms with Crippen molar-refractivity contribution in [1.29, 1.82) is 5.26 Å². The summed E-state index contributed by atoms with van der Waals surface area (Å²) in [6, 6.07) is 5.38. The van der Waals surface area contributed by atoms with Crippen molar-refractivity contribution in [2.24, 2.45) is 0 Å². The van der Waals surface area contributed by atoms with Crippen molar-refractivity contribution in [3.63, 3.8) is 0 Å². The molecule has 2 heterocycles. The van der Waals surface area contributed by atoms with Crippen LogP contribution in [-0.2, 0) is 4.74 Å². The van der Waals surface area contributed by atoms with Gasteiger partial charge in [0.1, 0.15) is 21.6 Å². The van der Waals surface area contributed by atoms with Gasteiger partial charge in [-0.1, -0.05) is 0 Å². The molecule has 0 aliphatic carbocycles. The Morgan fingerprint density at radius 3 is 3.05 bits per heavy atom. The van der Waals surface area contributed by atoms with E-state index >= 15 is 0 Å². The molecule has 2 aromatic rings. The van der Waals surface area contributed by atoms with E-state index in [1.54, 1.807) is 32.2 Å². The summed E-state index contributed by atoms with van der Waals surface area (Å²) in [6.07, 6.45) is 1.55. The van der Waals surface area contributed by atoms with Crippen LogP contribution < -0.4 is 0 Å². The van der Waals surface area contributed by atoms with Crippen LogP contribution in [-0.4, -0.2) is 22.5 Å². The van der Waals surface area contributed by atoms with Crippen molar-refractivity contribution in [1.82, 2.24) is 9.97 Å². The summed E-state index contributed by atoms with van der Waals surface area (Å²) in [4.78, 5) is 20.5. The zero-order valence-electron chi connectivity index (χ0n) is 10.5. The fourth-order valence-corrected chi connectivity index (χ4v) is 2.49. The number of aromatic nitrogens is 2. The van der Waals surface area contributed by atoms with Gasteiger partial charge in [-0.05, 0) is 26.0 Å². The standard InChI is InChI=1S/C13H11N3O2S/c1-3-18-13(17)11-8(2)16-12(19-11)9-4-5-15-10(6-9)7-14/h4-6H,3H2,1-2H3. The van der Waals surface area contributed by atoms with Gasteiger partial charge in [-0.3, -0.25) is 0 Å². The zero-order valence-corrected chi connectivity index (χ0v) is 11.3. The van der Waals surface area contributed by atoms with Crippen LogP contribution in [0.5, 0.6) is 0 Å². The van der Waals surface area contributed by atoms with Gasteiger partial charge in [-0.15, -0.1) is 11.3 Å². The van der Waals surface area contributed by atoms with E-state index in [4.69, 9.17) is 10.00 Å². The van der Waals surface area contributed by atoms with Crippen molar-refractivity contribution in [2.45, 2.75) is 13.8 Å². The largest absolute Gasteiger partial charge is 0.462 e. The average molecular weight is 273 g/mol. The molecular weight excluding hydrogens is 262 g/mol. The molecule has 6 heteroatoms. The second-order valence-electron chi connectivity index (χ2n) is 3.70. The van der Waals surface area contributed by atoms with E-state index in [0.29, 0.717) is 27.9 Å². The molecule has 2 aromatic heterocycles. The number of carbonyl (C=O) groups is 1. The van der Waals surface area contributed by atoms with Gasteiger partial charge >= 0.3 is 5.97 Å². The third-order valence-electron chi connectivity index (χ3n) is 2.38. The van der Waals surface area contributed by atoms with Gasteiger partial charge in [0.2, 0.25) is 0 Å². The minimum Gasteiger partial charge on any atom is -0.462 e. The molecule has 96 valence electrons. The topological polar surface area (TPSA) is 75.9 Å². The molecule has 0 fully saturated rings. The first-order chi connectivity index (χ1) is 9.15. The lowest BCUT2D eigenvalue weighted by atomic mass is 10.2. The molecule has 0 aliphatic heterocycles. The van der Waals surface area contributed by atoms with E-state index in [1.807, 2.05) is 6.07 Å². The average Bonchev–Trinajstić information content (AvgIpc) is 2.81. The summed E-state index contributed by atoms with van der Waals surface area (Å²) in [5, 5.41) is 9.50. The fourth-order valence-electron chi connectivity index (χ4n) is 1.53. The number of hydrogen-bond donors (Lipinski definition) is 0. The van der Waals surface area contributed by atoms with Gasteiger partial charge in [-0.2, -0.15) is 5.26 Å². The number of nitriles is 1. The molecule has 19 heavy (non-hydrogen) atoms. The minimum absolute atomic E-state index is 0.322. The summed E-state index contributed by atoms with van der Waals surface area (Å²) >= 11 is 1.26. The van der Waals surface area contributed by atoms with Gasteiger partial charge in [-0.25, -0.2) is 14.8 Å². The number of aryl methyl sites for hydroxylation is 1. The van der Waals surface area contributed by atoms with Crippen molar-refractivity contribution >= 4 is 17.3 Å². The molecule has 5 nitrogen and oxygen atoms in total. The Morgan fingerprint density at radius 1 is 1.58 bits per heavy atom. The van der Waals surface area contributed by atoms with E-state index in [2.05, 4.69) is 9.97 Å². The summed E-state index contributed by atoms with van der Waals surface area (Å²) in [5.74, 6) is -0.363. The first-order valence-electron chi connectivity index (χ1n) is 5.66. The van der Waals surface area contributed by atoms with E-state index in [9.17, 15) is 4.79 Å². The molecule has 0 amide bonds. The van der Waals surface area contributed by atoms with Gasteiger partial charge in [0.15, 0.2) is 0 Å². The van der Waals surface area contributed by atoms with Crippen LogP contribution in [0.25, 0.3) is 10.6 Å². The predicted molar refractivity (Wildman–Crippen MR) is 70.8 cm³/mol. The van der Waals surface area contributed by atoms with Crippen molar-refractivity contribution in [3.05, 3.63) is 34.6 Å². The van der Waals surface area contributed by atoms with Crippen molar-refractivity contribution < 1.29 is 9.53 Å². The van der Waals surface area contributed by atoms with Crippen LogP contribution in [0.4, 0.5) is 0 Å². The molecule has 0 N–H and O–H groups in total. The Balaban J connectivity index is 2.39. The summed E-state index contributed by atoms with van der Waals surface area (Å²) in [7, 11) is 0.